The summed E-state index contributed by atoms with van der Waals surface area (Å²) in [6.45, 7) is 3.75. The molecular weight excluding hydrogens is 462 g/mol. The molecule has 35 heavy (non-hydrogen) atoms. The summed E-state index contributed by atoms with van der Waals surface area (Å²) in [5.74, 6) is -0.190. The zero-order valence-corrected chi connectivity index (χ0v) is 20.8. The molecule has 1 aliphatic carbocycles. The molecule has 3 aromatic rings. The third-order valence-corrected chi connectivity index (χ3v) is 7.66. The minimum Gasteiger partial charge on any atom is -0.504 e. The second-order valence-electron chi connectivity index (χ2n) is 9.67. The van der Waals surface area contributed by atoms with Gasteiger partial charge in [-0.3, -0.25) is 9.59 Å². The van der Waals surface area contributed by atoms with Crippen LogP contribution in [0.2, 0.25) is 0 Å². The molecule has 1 aromatic heterocycles. The number of hydrogen-bond donors (Lipinski definition) is 1. The zero-order valence-electron chi connectivity index (χ0n) is 20.0. The Morgan fingerprint density at radius 1 is 1.09 bits per heavy atom. The zero-order chi connectivity index (χ0) is 24.5. The van der Waals surface area contributed by atoms with Gasteiger partial charge in [0.05, 0.1) is 17.7 Å². The van der Waals surface area contributed by atoms with E-state index in [-0.39, 0.29) is 23.0 Å². The minimum atomic E-state index is -0.589. The fraction of sp³-hybridized carbons (Fsp3) is 0.407. The van der Waals surface area contributed by atoms with Crippen molar-refractivity contribution in [2.24, 2.45) is 11.8 Å². The van der Waals surface area contributed by atoms with Crippen molar-refractivity contribution in [3.8, 4) is 16.3 Å². The lowest BCUT2D eigenvalue weighted by atomic mass is 9.99. The molecule has 0 saturated heterocycles. The van der Waals surface area contributed by atoms with Crippen LogP contribution in [0.4, 0.5) is 0 Å². The Balaban J connectivity index is 1.51. The first-order chi connectivity index (χ1) is 16.9. The molecule has 1 amide bonds. The molecule has 182 valence electrons. The first-order valence-corrected chi connectivity index (χ1v) is 12.8. The number of benzene rings is 1. The predicted octanol–water partition coefficient (Wildman–Crippen LogP) is 3.84. The molecule has 8 heteroatoms. The first-order valence-electron chi connectivity index (χ1n) is 12.0. The molecule has 0 radical (unpaired) electrons. The van der Waals surface area contributed by atoms with Gasteiger partial charge in [-0.05, 0) is 49.3 Å². The quantitative estimate of drug-likeness (QED) is 0.540. The minimum absolute atomic E-state index is 0.0898. The number of nitrogens with zero attached hydrogens (tertiary/aromatic N) is 3. The van der Waals surface area contributed by atoms with Crippen molar-refractivity contribution in [3.05, 3.63) is 73.9 Å². The van der Waals surface area contributed by atoms with Gasteiger partial charge in [0, 0.05) is 32.5 Å². The monoisotopic (exact) mass is 491 g/mol. The molecule has 0 spiro atoms. The second kappa shape index (κ2) is 9.87. The van der Waals surface area contributed by atoms with Crippen LogP contribution < -0.4 is 5.43 Å². The highest BCUT2D eigenvalue weighted by molar-refractivity contribution is 7.14. The highest BCUT2D eigenvalue weighted by Gasteiger charge is 2.34. The lowest BCUT2D eigenvalue weighted by Crippen LogP contribution is -2.36. The average Bonchev–Trinajstić information content (AvgIpc) is 3.58. The van der Waals surface area contributed by atoms with E-state index in [1.165, 1.54) is 16.9 Å². The number of methoxy groups -OCH3 is 1. The molecule has 1 fully saturated rings. The Morgan fingerprint density at radius 3 is 2.57 bits per heavy atom. The molecule has 1 N–H and O–H groups in total. The molecule has 5 rings (SSSR count). The number of fused-ring (bicyclic) bond motifs is 1. The van der Waals surface area contributed by atoms with E-state index >= 15 is 0 Å². The Labute approximate surface area is 208 Å². The number of carbonyl (C=O) groups excluding carboxylic acids is 1. The van der Waals surface area contributed by atoms with Gasteiger partial charge < -0.3 is 14.7 Å². The lowest BCUT2D eigenvalue weighted by molar-refractivity contribution is 0.0682. The van der Waals surface area contributed by atoms with E-state index in [1.54, 1.807) is 24.1 Å². The number of rotatable bonds is 7. The third-order valence-electron chi connectivity index (χ3n) is 6.71. The maximum absolute atomic E-state index is 13.5. The van der Waals surface area contributed by atoms with Gasteiger partial charge in [-0.25, -0.2) is 0 Å². The van der Waals surface area contributed by atoms with Gasteiger partial charge in [0.2, 0.25) is 5.43 Å². The fourth-order valence-electron chi connectivity index (χ4n) is 4.67. The average molecular weight is 492 g/mol. The van der Waals surface area contributed by atoms with E-state index in [4.69, 9.17) is 4.74 Å². The van der Waals surface area contributed by atoms with Crippen molar-refractivity contribution in [1.29, 1.82) is 0 Å². The van der Waals surface area contributed by atoms with Crippen LogP contribution in [0.25, 0.3) is 10.6 Å². The summed E-state index contributed by atoms with van der Waals surface area (Å²) in [7, 11) is 1.65. The lowest BCUT2D eigenvalue weighted by Gasteiger charge is -2.24. The van der Waals surface area contributed by atoms with Crippen molar-refractivity contribution >= 4 is 17.2 Å². The molecule has 1 atom stereocenters. The Morgan fingerprint density at radius 2 is 1.86 bits per heavy atom. The predicted molar refractivity (Wildman–Crippen MR) is 135 cm³/mol. The van der Waals surface area contributed by atoms with Crippen LogP contribution >= 0.6 is 11.3 Å². The van der Waals surface area contributed by atoms with Crippen LogP contribution in [0.5, 0.6) is 5.75 Å². The van der Waals surface area contributed by atoms with Crippen LogP contribution in [0, 0.1) is 18.8 Å². The number of aryl methyl sites for hydroxylation is 1. The summed E-state index contributed by atoms with van der Waals surface area (Å²) < 4.78 is 5.41. The van der Waals surface area contributed by atoms with Gasteiger partial charge in [-0.2, -0.15) is 0 Å². The maximum Gasteiger partial charge on any atom is 0.258 e. The van der Waals surface area contributed by atoms with E-state index in [1.807, 2.05) is 6.92 Å². The molecule has 7 nitrogen and oxygen atoms in total. The van der Waals surface area contributed by atoms with E-state index < -0.39 is 11.2 Å². The number of hydrogen-bond acceptors (Lipinski definition) is 7. The molecule has 1 saturated carbocycles. The molecule has 2 heterocycles. The van der Waals surface area contributed by atoms with Crippen LogP contribution in [-0.4, -0.2) is 52.9 Å². The van der Waals surface area contributed by atoms with Crippen LogP contribution in [-0.2, 0) is 17.6 Å². The van der Waals surface area contributed by atoms with Crippen LogP contribution in [0.3, 0.4) is 0 Å². The van der Waals surface area contributed by atoms with E-state index in [2.05, 4.69) is 34.5 Å². The molecule has 0 unspecified atom stereocenters. The summed E-state index contributed by atoms with van der Waals surface area (Å²) in [5.41, 5.74) is 2.75. The molecular formula is C27H29N3O4S. The number of ether oxygens (including phenoxy) is 1. The summed E-state index contributed by atoms with van der Waals surface area (Å²) in [4.78, 5) is 28.6. The van der Waals surface area contributed by atoms with Crippen molar-refractivity contribution in [2.45, 2.75) is 32.6 Å². The van der Waals surface area contributed by atoms with Gasteiger partial charge in [0.15, 0.2) is 10.8 Å². The number of amides is 1. The topological polar surface area (TPSA) is 92.6 Å². The van der Waals surface area contributed by atoms with Gasteiger partial charge in [0.1, 0.15) is 5.01 Å². The van der Waals surface area contributed by atoms with E-state index in [9.17, 15) is 14.7 Å². The van der Waals surface area contributed by atoms with Crippen LogP contribution in [0.1, 0.15) is 44.9 Å². The van der Waals surface area contributed by atoms with Crippen molar-refractivity contribution in [2.75, 3.05) is 26.8 Å². The van der Waals surface area contributed by atoms with Gasteiger partial charge in [0.25, 0.3) is 5.91 Å². The van der Waals surface area contributed by atoms with Gasteiger partial charge >= 0.3 is 0 Å². The van der Waals surface area contributed by atoms with E-state index in [0.29, 0.717) is 49.0 Å². The highest BCUT2D eigenvalue weighted by Crippen LogP contribution is 2.34. The Kier molecular flexibility index (Phi) is 6.67. The van der Waals surface area contributed by atoms with Gasteiger partial charge in [-0.15, -0.1) is 10.2 Å². The number of carbonyl (C=O) groups is 1. The first kappa shape index (κ1) is 23.6. The number of aromatic hydroxyl groups is 1. The normalized spacial score (nSPS) is 17.8. The second-order valence-corrected chi connectivity index (χ2v) is 10.7. The summed E-state index contributed by atoms with van der Waals surface area (Å²) in [5, 5.41) is 20.8. The van der Waals surface area contributed by atoms with Crippen molar-refractivity contribution < 1.29 is 14.6 Å². The fourth-order valence-corrected chi connectivity index (χ4v) is 5.57. The SMILES string of the molecule is COC[C@@H]1Cc2ccc(-c3nnc(Cc4ccc(C)cc4)s3)c(=O)c(O)c2C(=O)N(CC2CC2)C1. The maximum atomic E-state index is 13.5. The Bertz CT molecular complexity index is 1300. The van der Waals surface area contributed by atoms with E-state index in [0.717, 1.165) is 23.4 Å². The smallest absolute Gasteiger partial charge is 0.258 e. The van der Waals surface area contributed by atoms with Crippen molar-refractivity contribution in [1.82, 2.24) is 15.1 Å². The molecule has 2 aliphatic rings. The third kappa shape index (κ3) is 5.13. The standard InChI is InChI=1S/C27H29N3O4S/c1-16-3-5-17(6-4-16)12-22-28-29-26(35-22)21-10-9-20-11-19(15-34-2)14-30(13-18-7-8-18)27(33)23(20)25(32)24(21)31/h3-6,9-10,18-19H,7-8,11-15H2,1-2H3,(H,31,32)/t19-/m1/s1. The summed E-state index contributed by atoms with van der Waals surface area (Å²) >= 11 is 1.33. The summed E-state index contributed by atoms with van der Waals surface area (Å²) in [6, 6.07) is 11.7. The molecule has 1 aliphatic heterocycles. The molecule has 0 bridgehead atoms. The molecule has 2 aromatic carbocycles. The highest BCUT2D eigenvalue weighted by atomic mass is 32.1. The Hall–Kier alpha value is -3.10. The van der Waals surface area contributed by atoms with Crippen molar-refractivity contribution in [3.63, 3.8) is 0 Å². The number of aromatic nitrogens is 2. The van der Waals surface area contributed by atoms with Gasteiger partial charge in [-0.1, -0.05) is 47.2 Å². The van der Waals surface area contributed by atoms with Crippen LogP contribution in [0.15, 0.2) is 41.2 Å². The largest absolute Gasteiger partial charge is 0.504 e. The summed E-state index contributed by atoms with van der Waals surface area (Å²) in [6.07, 6.45) is 3.38.